The molecule has 0 fully saturated rings. The molecule has 0 aliphatic carbocycles. The number of rotatable bonds is 5. The molecule has 0 rings (SSSR count). The highest BCUT2D eigenvalue weighted by molar-refractivity contribution is 4.59. The lowest BCUT2D eigenvalue weighted by molar-refractivity contribution is -0.00501. The van der Waals surface area contributed by atoms with Crippen LogP contribution in [0.4, 0.5) is 0 Å². The molecule has 0 radical (unpaired) electrons. The standard InChI is InChI=1S/C10H22O.C2H6/c1-6-10(7-8(2)3)11-9(4)5;1-2/h8-10H,6-7H2,1-5H3;1-2H3. The predicted octanol–water partition coefficient (Wildman–Crippen LogP) is 4.26. The zero-order valence-corrected chi connectivity index (χ0v) is 10.6. The summed E-state index contributed by atoms with van der Waals surface area (Å²) in [4.78, 5) is 0. The molecular weight excluding hydrogens is 160 g/mol. The molecule has 13 heavy (non-hydrogen) atoms. The average molecular weight is 188 g/mol. The summed E-state index contributed by atoms with van der Waals surface area (Å²) in [5, 5.41) is 0. The van der Waals surface area contributed by atoms with E-state index in [0.29, 0.717) is 12.2 Å². The monoisotopic (exact) mass is 188 g/mol. The third kappa shape index (κ3) is 12.0. The molecule has 0 heterocycles. The van der Waals surface area contributed by atoms with E-state index < -0.39 is 0 Å². The molecule has 0 aliphatic rings. The van der Waals surface area contributed by atoms with Gasteiger partial charge in [0.05, 0.1) is 12.2 Å². The Bertz CT molecular complexity index is 77.1. The van der Waals surface area contributed by atoms with Crippen molar-refractivity contribution in [2.75, 3.05) is 0 Å². The highest BCUT2D eigenvalue weighted by Crippen LogP contribution is 2.12. The van der Waals surface area contributed by atoms with Crippen molar-refractivity contribution in [1.29, 1.82) is 0 Å². The maximum atomic E-state index is 5.71. The zero-order valence-electron chi connectivity index (χ0n) is 10.6. The second-order valence-corrected chi connectivity index (χ2v) is 3.84. The van der Waals surface area contributed by atoms with Gasteiger partial charge in [-0.1, -0.05) is 34.6 Å². The van der Waals surface area contributed by atoms with Gasteiger partial charge in [0.1, 0.15) is 0 Å². The van der Waals surface area contributed by atoms with Gasteiger partial charge in [-0.05, 0) is 32.6 Å². The second-order valence-electron chi connectivity index (χ2n) is 3.84. The number of hydrogen-bond donors (Lipinski definition) is 0. The van der Waals surface area contributed by atoms with Gasteiger partial charge in [-0.3, -0.25) is 0 Å². The molecule has 0 aromatic rings. The van der Waals surface area contributed by atoms with Crippen LogP contribution < -0.4 is 0 Å². The van der Waals surface area contributed by atoms with E-state index >= 15 is 0 Å². The third-order valence-electron chi connectivity index (χ3n) is 1.65. The molecule has 1 unspecified atom stereocenters. The summed E-state index contributed by atoms with van der Waals surface area (Å²) < 4.78 is 5.71. The molecule has 0 aromatic heterocycles. The molecule has 1 atom stereocenters. The summed E-state index contributed by atoms with van der Waals surface area (Å²) in [5.41, 5.74) is 0. The van der Waals surface area contributed by atoms with E-state index in [9.17, 15) is 0 Å². The first kappa shape index (κ1) is 15.4. The van der Waals surface area contributed by atoms with Crippen molar-refractivity contribution in [1.82, 2.24) is 0 Å². The summed E-state index contributed by atoms with van der Waals surface area (Å²) in [6.07, 6.45) is 3.17. The van der Waals surface area contributed by atoms with Crippen LogP contribution in [-0.2, 0) is 4.74 Å². The maximum Gasteiger partial charge on any atom is 0.0578 e. The van der Waals surface area contributed by atoms with Crippen molar-refractivity contribution < 1.29 is 4.74 Å². The van der Waals surface area contributed by atoms with Crippen LogP contribution in [0.25, 0.3) is 0 Å². The normalized spacial score (nSPS) is 12.7. The lowest BCUT2D eigenvalue weighted by atomic mass is 10.0. The molecule has 82 valence electrons. The van der Waals surface area contributed by atoms with Crippen LogP contribution in [-0.4, -0.2) is 12.2 Å². The Kier molecular flexibility index (Phi) is 11.9. The lowest BCUT2D eigenvalue weighted by Crippen LogP contribution is -2.18. The quantitative estimate of drug-likeness (QED) is 0.626. The fourth-order valence-corrected chi connectivity index (χ4v) is 1.23. The van der Waals surface area contributed by atoms with Gasteiger partial charge in [-0.2, -0.15) is 0 Å². The smallest absolute Gasteiger partial charge is 0.0578 e. The SMILES string of the molecule is CC.CCC(CC(C)C)OC(C)C. The molecule has 0 bridgehead atoms. The van der Waals surface area contributed by atoms with Gasteiger partial charge in [0.15, 0.2) is 0 Å². The average Bonchev–Trinajstić information content (AvgIpc) is 2.05. The minimum atomic E-state index is 0.374. The van der Waals surface area contributed by atoms with Crippen LogP contribution in [0.2, 0.25) is 0 Å². The molecular formula is C12H28O. The highest BCUT2D eigenvalue weighted by atomic mass is 16.5. The number of ether oxygens (including phenoxy) is 1. The topological polar surface area (TPSA) is 9.23 Å². The van der Waals surface area contributed by atoms with Gasteiger partial charge in [0.25, 0.3) is 0 Å². The molecule has 0 N–H and O–H groups in total. The van der Waals surface area contributed by atoms with Crippen LogP contribution in [0.3, 0.4) is 0 Å². The van der Waals surface area contributed by atoms with E-state index in [0.717, 1.165) is 12.3 Å². The van der Waals surface area contributed by atoms with Gasteiger partial charge < -0.3 is 4.74 Å². The summed E-state index contributed by atoms with van der Waals surface area (Å²) in [6.45, 7) is 14.9. The van der Waals surface area contributed by atoms with E-state index in [1.54, 1.807) is 0 Å². The molecule has 1 heteroatoms. The minimum absolute atomic E-state index is 0.374. The van der Waals surface area contributed by atoms with Gasteiger partial charge in [0, 0.05) is 0 Å². The molecule has 0 amide bonds. The molecule has 0 saturated heterocycles. The fourth-order valence-electron chi connectivity index (χ4n) is 1.23. The second kappa shape index (κ2) is 10.0. The molecule has 1 nitrogen and oxygen atoms in total. The van der Waals surface area contributed by atoms with Gasteiger partial charge in [-0.25, -0.2) is 0 Å². The first-order chi connectivity index (χ1) is 6.06. The van der Waals surface area contributed by atoms with Gasteiger partial charge in [-0.15, -0.1) is 0 Å². The fraction of sp³-hybridized carbons (Fsp3) is 1.00. The Hall–Kier alpha value is -0.0400. The first-order valence-electron chi connectivity index (χ1n) is 5.71. The molecule has 0 spiro atoms. The summed E-state index contributed by atoms with van der Waals surface area (Å²) in [7, 11) is 0. The third-order valence-corrected chi connectivity index (χ3v) is 1.65. The van der Waals surface area contributed by atoms with Crippen LogP contribution in [0.15, 0.2) is 0 Å². The van der Waals surface area contributed by atoms with E-state index in [1.165, 1.54) is 6.42 Å². The van der Waals surface area contributed by atoms with Crippen molar-refractivity contribution in [3.8, 4) is 0 Å². The lowest BCUT2D eigenvalue weighted by Gasteiger charge is -2.20. The molecule has 0 aromatic carbocycles. The predicted molar refractivity (Wildman–Crippen MR) is 61.1 cm³/mol. The van der Waals surface area contributed by atoms with Gasteiger partial charge in [0.2, 0.25) is 0 Å². The van der Waals surface area contributed by atoms with Crippen molar-refractivity contribution in [3.05, 3.63) is 0 Å². The Morgan fingerprint density at radius 1 is 1.00 bits per heavy atom. The van der Waals surface area contributed by atoms with E-state index in [1.807, 2.05) is 13.8 Å². The van der Waals surface area contributed by atoms with Crippen LogP contribution in [0.5, 0.6) is 0 Å². The maximum absolute atomic E-state index is 5.71. The minimum Gasteiger partial charge on any atom is -0.376 e. The Morgan fingerprint density at radius 3 is 1.69 bits per heavy atom. The van der Waals surface area contributed by atoms with Crippen molar-refractivity contribution in [3.63, 3.8) is 0 Å². The highest BCUT2D eigenvalue weighted by Gasteiger charge is 2.09. The summed E-state index contributed by atoms with van der Waals surface area (Å²) >= 11 is 0. The Labute approximate surface area is 84.9 Å². The van der Waals surface area contributed by atoms with E-state index in [-0.39, 0.29) is 0 Å². The summed E-state index contributed by atoms with van der Waals surface area (Å²) in [6, 6.07) is 0. The number of hydrogen-bond acceptors (Lipinski definition) is 1. The zero-order chi connectivity index (χ0) is 10.9. The largest absolute Gasteiger partial charge is 0.376 e. The summed E-state index contributed by atoms with van der Waals surface area (Å²) in [5.74, 6) is 0.749. The van der Waals surface area contributed by atoms with Gasteiger partial charge >= 0.3 is 0 Å². The Balaban J connectivity index is 0. The van der Waals surface area contributed by atoms with Crippen LogP contribution in [0, 0.1) is 5.92 Å². The molecule has 0 aliphatic heterocycles. The first-order valence-corrected chi connectivity index (χ1v) is 5.71. The van der Waals surface area contributed by atoms with E-state index in [4.69, 9.17) is 4.74 Å². The molecule has 0 saturated carbocycles. The van der Waals surface area contributed by atoms with E-state index in [2.05, 4.69) is 34.6 Å². The Morgan fingerprint density at radius 2 is 1.46 bits per heavy atom. The van der Waals surface area contributed by atoms with Crippen molar-refractivity contribution in [2.45, 2.75) is 73.5 Å². The van der Waals surface area contributed by atoms with Crippen molar-refractivity contribution in [2.24, 2.45) is 5.92 Å². The van der Waals surface area contributed by atoms with Crippen molar-refractivity contribution >= 4 is 0 Å². The van der Waals surface area contributed by atoms with Crippen LogP contribution >= 0.6 is 0 Å². The van der Waals surface area contributed by atoms with Crippen LogP contribution in [0.1, 0.15) is 61.3 Å².